The lowest BCUT2D eigenvalue weighted by Gasteiger charge is -2.48. The minimum Gasteiger partial charge on any atom is -0.314 e. The third kappa shape index (κ3) is 3.59. The molecule has 118 valence electrons. The largest absolute Gasteiger partial charge is 0.314 e. The molecule has 2 rings (SSSR count). The third-order valence-electron chi connectivity index (χ3n) is 6.61. The van der Waals surface area contributed by atoms with Crippen molar-refractivity contribution in [2.75, 3.05) is 6.54 Å². The fourth-order valence-electron chi connectivity index (χ4n) is 4.98. The van der Waals surface area contributed by atoms with Crippen LogP contribution in [0, 0.1) is 29.1 Å². The average molecular weight is 280 g/mol. The molecule has 5 unspecified atom stereocenters. The zero-order valence-electron chi connectivity index (χ0n) is 14.5. The van der Waals surface area contributed by atoms with Crippen molar-refractivity contribution < 1.29 is 0 Å². The van der Waals surface area contributed by atoms with E-state index in [2.05, 4.69) is 39.9 Å². The van der Waals surface area contributed by atoms with Crippen LogP contribution in [0.5, 0.6) is 0 Å². The molecule has 1 N–H and O–H groups in total. The SMILES string of the molecule is CCNC(C1CCC(C)C(C)C1)C1CCCCC1(C)C. The molecule has 0 heterocycles. The van der Waals surface area contributed by atoms with Gasteiger partial charge in [-0.05, 0) is 61.3 Å². The van der Waals surface area contributed by atoms with E-state index in [-0.39, 0.29) is 0 Å². The fourth-order valence-corrected chi connectivity index (χ4v) is 4.98. The summed E-state index contributed by atoms with van der Waals surface area (Å²) in [6.45, 7) is 13.4. The van der Waals surface area contributed by atoms with Crippen molar-refractivity contribution in [3.05, 3.63) is 0 Å². The highest BCUT2D eigenvalue weighted by Gasteiger charge is 2.41. The first-order chi connectivity index (χ1) is 9.45. The lowest BCUT2D eigenvalue weighted by Crippen LogP contribution is -2.50. The Labute approximate surface area is 127 Å². The Bertz CT molecular complexity index is 296. The van der Waals surface area contributed by atoms with Gasteiger partial charge in [0.1, 0.15) is 0 Å². The molecule has 5 atom stereocenters. The lowest BCUT2D eigenvalue weighted by atomic mass is 9.61. The predicted molar refractivity (Wildman–Crippen MR) is 88.9 cm³/mol. The Hall–Kier alpha value is -0.0400. The normalized spacial score (nSPS) is 39.5. The van der Waals surface area contributed by atoms with Gasteiger partial charge in [0.05, 0.1) is 0 Å². The van der Waals surface area contributed by atoms with E-state index in [1.807, 2.05) is 0 Å². The van der Waals surface area contributed by atoms with E-state index < -0.39 is 0 Å². The number of hydrogen-bond acceptors (Lipinski definition) is 1. The molecule has 0 aromatic carbocycles. The minimum atomic E-state index is 0.539. The summed E-state index contributed by atoms with van der Waals surface area (Å²) in [5, 5.41) is 3.91. The summed E-state index contributed by atoms with van der Waals surface area (Å²) in [5.41, 5.74) is 0.539. The zero-order chi connectivity index (χ0) is 14.8. The Balaban J connectivity index is 2.09. The summed E-state index contributed by atoms with van der Waals surface area (Å²) in [5.74, 6) is 3.67. The first kappa shape index (κ1) is 16.3. The molecule has 1 heteroatoms. The van der Waals surface area contributed by atoms with E-state index in [1.54, 1.807) is 0 Å². The second kappa shape index (κ2) is 6.81. The molecule has 0 aromatic heterocycles. The van der Waals surface area contributed by atoms with Crippen molar-refractivity contribution >= 4 is 0 Å². The quantitative estimate of drug-likeness (QED) is 0.741. The summed E-state index contributed by atoms with van der Waals surface area (Å²) in [6.07, 6.45) is 10.1. The van der Waals surface area contributed by atoms with Crippen LogP contribution in [0.15, 0.2) is 0 Å². The van der Waals surface area contributed by atoms with Crippen LogP contribution in [0.3, 0.4) is 0 Å². The number of hydrogen-bond donors (Lipinski definition) is 1. The van der Waals surface area contributed by atoms with Gasteiger partial charge in [-0.3, -0.25) is 0 Å². The van der Waals surface area contributed by atoms with Crippen molar-refractivity contribution in [3.63, 3.8) is 0 Å². The lowest BCUT2D eigenvalue weighted by molar-refractivity contribution is 0.0493. The number of rotatable bonds is 4. The fraction of sp³-hybridized carbons (Fsp3) is 1.00. The van der Waals surface area contributed by atoms with E-state index in [0.717, 1.165) is 36.3 Å². The topological polar surface area (TPSA) is 12.0 Å². The Morgan fingerprint density at radius 1 is 1.05 bits per heavy atom. The molecule has 0 saturated heterocycles. The van der Waals surface area contributed by atoms with Gasteiger partial charge >= 0.3 is 0 Å². The zero-order valence-corrected chi connectivity index (χ0v) is 14.5. The molecule has 0 amide bonds. The van der Waals surface area contributed by atoms with Gasteiger partial charge in [-0.25, -0.2) is 0 Å². The maximum atomic E-state index is 3.91. The molecule has 2 saturated carbocycles. The predicted octanol–water partition coefficient (Wildman–Crippen LogP) is 5.25. The molecule has 2 aliphatic carbocycles. The van der Waals surface area contributed by atoms with Crippen molar-refractivity contribution in [2.24, 2.45) is 29.1 Å². The van der Waals surface area contributed by atoms with Crippen molar-refractivity contribution in [1.82, 2.24) is 5.32 Å². The van der Waals surface area contributed by atoms with Crippen LogP contribution in [0.4, 0.5) is 0 Å². The highest BCUT2D eigenvalue weighted by atomic mass is 14.9. The van der Waals surface area contributed by atoms with E-state index in [1.165, 1.54) is 44.9 Å². The van der Waals surface area contributed by atoms with Gasteiger partial charge in [-0.15, -0.1) is 0 Å². The first-order valence-electron chi connectivity index (χ1n) is 9.19. The van der Waals surface area contributed by atoms with Crippen LogP contribution < -0.4 is 5.32 Å². The molecule has 2 fully saturated rings. The molecule has 0 radical (unpaired) electrons. The maximum absolute atomic E-state index is 3.91. The van der Waals surface area contributed by atoms with Crippen molar-refractivity contribution in [2.45, 2.75) is 85.6 Å². The average Bonchev–Trinajstić information content (AvgIpc) is 2.40. The van der Waals surface area contributed by atoms with E-state index in [0.29, 0.717) is 5.41 Å². The molecule has 1 nitrogen and oxygen atoms in total. The monoisotopic (exact) mass is 279 g/mol. The Morgan fingerprint density at radius 3 is 2.40 bits per heavy atom. The summed E-state index contributed by atoms with van der Waals surface area (Å²) in [4.78, 5) is 0. The molecular formula is C19H37N. The molecule has 0 spiro atoms. The summed E-state index contributed by atoms with van der Waals surface area (Å²) >= 11 is 0. The van der Waals surface area contributed by atoms with Gasteiger partial charge in [0, 0.05) is 6.04 Å². The molecule has 0 aromatic rings. The number of nitrogens with one attached hydrogen (secondary N) is 1. The highest BCUT2D eigenvalue weighted by molar-refractivity contribution is 4.95. The minimum absolute atomic E-state index is 0.539. The molecular weight excluding hydrogens is 242 g/mol. The first-order valence-corrected chi connectivity index (χ1v) is 9.19. The van der Waals surface area contributed by atoms with Crippen molar-refractivity contribution in [1.29, 1.82) is 0 Å². The van der Waals surface area contributed by atoms with Gasteiger partial charge in [0.15, 0.2) is 0 Å². The highest BCUT2D eigenvalue weighted by Crippen LogP contribution is 2.46. The Morgan fingerprint density at radius 2 is 1.80 bits per heavy atom. The van der Waals surface area contributed by atoms with Gasteiger partial charge in [-0.2, -0.15) is 0 Å². The standard InChI is InChI=1S/C19H37N/c1-6-20-18(16-11-10-14(2)15(3)13-16)17-9-7-8-12-19(17,4)5/h14-18,20H,6-13H2,1-5H3. The van der Waals surface area contributed by atoms with Crippen LogP contribution in [0.25, 0.3) is 0 Å². The van der Waals surface area contributed by atoms with Crippen LogP contribution in [-0.2, 0) is 0 Å². The molecule has 20 heavy (non-hydrogen) atoms. The van der Waals surface area contributed by atoms with E-state index in [9.17, 15) is 0 Å². The molecule has 0 aliphatic heterocycles. The summed E-state index contributed by atoms with van der Waals surface area (Å²) in [6, 6.07) is 0.769. The third-order valence-corrected chi connectivity index (χ3v) is 6.61. The second-order valence-electron chi connectivity index (χ2n) is 8.45. The van der Waals surface area contributed by atoms with Crippen LogP contribution in [0.1, 0.15) is 79.6 Å². The molecule has 0 bridgehead atoms. The molecule has 2 aliphatic rings. The van der Waals surface area contributed by atoms with Crippen LogP contribution in [-0.4, -0.2) is 12.6 Å². The summed E-state index contributed by atoms with van der Waals surface area (Å²) in [7, 11) is 0. The van der Waals surface area contributed by atoms with Crippen LogP contribution >= 0.6 is 0 Å². The smallest absolute Gasteiger partial charge is 0.0129 e. The second-order valence-corrected chi connectivity index (χ2v) is 8.45. The van der Waals surface area contributed by atoms with Gasteiger partial charge < -0.3 is 5.32 Å². The van der Waals surface area contributed by atoms with Gasteiger partial charge in [-0.1, -0.05) is 53.9 Å². The van der Waals surface area contributed by atoms with E-state index in [4.69, 9.17) is 0 Å². The van der Waals surface area contributed by atoms with Crippen LogP contribution in [0.2, 0.25) is 0 Å². The summed E-state index contributed by atoms with van der Waals surface area (Å²) < 4.78 is 0. The Kier molecular flexibility index (Phi) is 5.56. The van der Waals surface area contributed by atoms with Gasteiger partial charge in [0.2, 0.25) is 0 Å². The maximum Gasteiger partial charge on any atom is 0.0129 e. The van der Waals surface area contributed by atoms with Gasteiger partial charge in [0.25, 0.3) is 0 Å². The van der Waals surface area contributed by atoms with E-state index >= 15 is 0 Å². The van der Waals surface area contributed by atoms with Crippen molar-refractivity contribution in [3.8, 4) is 0 Å².